The molecule has 1 aliphatic carbocycles. The molecule has 1 aliphatic rings. The van der Waals surface area contributed by atoms with Crippen molar-refractivity contribution in [2.45, 2.75) is 38.0 Å². The second kappa shape index (κ2) is 15.6. The van der Waals surface area contributed by atoms with Gasteiger partial charge in [-0.3, -0.25) is 0 Å². The van der Waals surface area contributed by atoms with E-state index >= 15 is 0 Å². The molecule has 0 N–H and O–H groups in total. The highest BCUT2D eigenvalue weighted by molar-refractivity contribution is 7.20. The van der Waals surface area contributed by atoms with E-state index in [1.165, 1.54) is 119 Å². The predicted octanol–water partition coefficient (Wildman–Crippen LogP) is 13.0. The first-order valence-electron chi connectivity index (χ1n) is 22.7. The van der Waals surface area contributed by atoms with Gasteiger partial charge in [0.1, 0.15) is 0 Å². The Hall–Kier alpha value is -7.20. The maximum atomic E-state index is 2.57. The van der Waals surface area contributed by atoms with Crippen LogP contribution in [0.1, 0.15) is 43.6 Å². The highest BCUT2D eigenvalue weighted by atomic mass is 28.3. The van der Waals surface area contributed by atoms with Crippen LogP contribution in [-0.4, -0.2) is 17.2 Å². The zero-order chi connectivity index (χ0) is 41.7. The zero-order valence-electron chi connectivity index (χ0n) is 35.4. The third-order valence-electron chi connectivity index (χ3n) is 14.0. The Morgan fingerprint density at radius 2 is 0.889 bits per heavy atom. The lowest BCUT2D eigenvalue weighted by molar-refractivity contribution is 0.445. The summed E-state index contributed by atoms with van der Waals surface area (Å²) in [5, 5.41) is 10.7. The molecule has 302 valence electrons. The van der Waals surface area contributed by atoms with Crippen LogP contribution in [0.5, 0.6) is 0 Å². The molecule has 12 rings (SSSR count). The van der Waals surface area contributed by atoms with Crippen LogP contribution in [0.2, 0.25) is 0 Å². The van der Waals surface area contributed by atoms with E-state index in [-0.39, 0.29) is 0 Å². The fourth-order valence-corrected chi connectivity index (χ4v) is 16.1. The van der Waals surface area contributed by atoms with E-state index in [1.807, 2.05) is 0 Å². The summed E-state index contributed by atoms with van der Waals surface area (Å²) in [6.07, 6.45) is 6.52. The second-order valence-corrected chi connectivity index (χ2v) is 21.2. The van der Waals surface area contributed by atoms with E-state index < -0.39 is 8.07 Å². The number of benzene rings is 9. The molecule has 0 atom stereocenters. The maximum absolute atomic E-state index is 2.92. The average molecular weight is 825 g/mol. The molecule has 2 heterocycles. The van der Waals surface area contributed by atoms with Gasteiger partial charge in [0, 0.05) is 27.2 Å². The molecule has 0 spiro atoms. The summed E-state index contributed by atoms with van der Waals surface area (Å²) in [4.78, 5) is 0. The number of rotatable bonds is 8. The van der Waals surface area contributed by atoms with Crippen molar-refractivity contribution in [2.24, 2.45) is 0 Å². The minimum atomic E-state index is -2.92. The summed E-state index contributed by atoms with van der Waals surface area (Å²) in [6, 6.07) is 84.5. The Balaban J connectivity index is 1.15. The van der Waals surface area contributed by atoms with E-state index in [2.05, 4.69) is 234 Å². The molecule has 0 unspecified atom stereocenters. The summed E-state index contributed by atoms with van der Waals surface area (Å²) in [5.41, 5.74) is 11.3. The highest BCUT2D eigenvalue weighted by Gasteiger charge is 2.42. The van der Waals surface area contributed by atoms with Crippen molar-refractivity contribution in [2.75, 3.05) is 0 Å². The number of para-hydroxylation sites is 3. The third-order valence-corrected chi connectivity index (χ3v) is 18.8. The molecule has 9 aromatic carbocycles. The molecule has 2 nitrogen and oxygen atoms in total. The summed E-state index contributed by atoms with van der Waals surface area (Å²) in [5.74, 6) is 0.596. The Morgan fingerprint density at radius 3 is 1.62 bits per heavy atom. The van der Waals surface area contributed by atoms with E-state index in [4.69, 9.17) is 0 Å². The molecule has 63 heavy (non-hydrogen) atoms. The average Bonchev–Trinajstić information content (AvgIpc) is 3.89. The third kappa shape index (κ3) is 6.06. The molecule has 0 aliphatic heterocycles. The van der Waals surface area contributed by atoms with Gasteiger partial charge in [0.25, 0.3) is 0 Å². The van der Waals surface area contributed by atoms with Crippen LogP contribution in [0.25, 0.3) is 66.1 Å². The fourth-order valence-electron chi connectivity index (χ4n) is 11.3. The predicted molar refractivity (Wildman–Crippen MR) is 270 cm³/mol. The first kappa shape index (κ1) is 37.5. The summed E-state index contributed by atoms with van der Waals surface area (Å²) < 4.78 is 5.13. The van der Waals surface area contributed by atoms with Gasteiger partial charge in [0.2, 0.25) is 0 Å². The molecule has 0 saturated heterocycles. The largest absolute Gasteiger partial charge is 0.307 e. The maximum Gasteiger partial charge on any atom is 0.179 e. The van der Waals surface area contributed by atoms with Gasteiger partial charge in [0.05, 0.1) is 27.8 Å². The van der Waals surface area contributed by atoms with Crippen LogP contribution in [0.3, 0.4) is 0 Å². The minimum Gasteiger partial charge on any atom is -0.307 e. The van der Waals surface area contributed by atoms with Crippen molar-refractivity contribution < 1.29 is 0 Å². The van der Waals surface area contributed by atoms with Gasteiger partial charge in [-0.2, -0.15) is 0 Å². The van der Waals surface area contributed by atoms with Crippen LogP contribution in [-0.2, 0) is 0 Å². The monoisotopic (exact) mass is 824 g/mol. The molecular formula is C60H48N2Si. The van der Waals surface area contributed by atoms with E-state index in [0.717, 1.165) is 5.69 Å². The molecule has 1 saturated carbocycles. The van der Waals surface area contributed by atoms with Crippen LogP contribution >= 0.6 is 0 Å². The van der Waals surface area contributed by atoms with E-state index in [0.29, 0.717) is 5.92 Å². The van der Waals surface area contributed by atoms with Crippen LogP contribution in [0, 0.1) is 0 Å². The fraction of sp³-hybridized carbons (Fsp3) is 0.100. The van der Waals surface area contributed by atoms with Crippen molar-refractivity contribution >= 4 is 72.4 Å². The number of aromatic nitrogens is 2. The molecular weight excluding hydrogens is 777 g/mol. The van der Waals surface area contributed by atoms with Crippen LogP contribution in [0.15, 0.2) is 224 Å². The number of hydrogen-bond donors (Lipinski definition) is 0. The molecule has 3 heteroatoms. The van der Waals surface area contributed by atoms with Gasteiger partial charge in [-0.25, -0.2) is 0 Å². The standard InChI is InChI=1S/C60H48N2Si/c1-5-21-43(22-6-1)45-25-17-31-49(41-45)63(47-27-9-3-10-28-47,48-29-11-4-12-30-48)50-32-18-26-46(42-50)61-55-37-15-13-33-52(55)53-36-20-40-58(60(53)61)62-56-38-16-14-34-54(56)59-51(35-19-39-57(59)62)44-23-7-2-8-24-44/h1,3-6,9-22,25-42,44H,2,7-8,23-24H2. The van der Waals surface area contributed by atoms with E-state index in [1.54, 1.807) is 0 Å². The lowest BCUT2D eigenvalue weighted by atomic mass is 9.82. The molecule has 0 radical (unpaired) electrons. The Labute approximate surface area is 370 Å². The zero-order valence-corrected chi connectivity index (χ0v) is 36.4. The molecule has 1 fully saturated rings. The molecule has 0 amide bonds. The van der Waals surface area contributed by atoms with Crippen LogP contribution in [0.4, 0.5) is 0 Å². The molecule has 2 aromatic heterocycles. The van der Waals surface area contributed by atoms with Gasteiger partial charge < -0.3 is 9.13 Å². The van der Waals surface area contributed by atoms with Gasteiger partial charge in [-0.15, -0.1) is 0 Å². The van der Waals surface area contributed by atoms with Crippen molar-refractivity contribution in [3.05, 3.63) is 230 Å². The molecule has 0 bridgehead atoms. The minimum absolute atomic E-state index is 0.596. The Kier molecular flexibility index (Phi) is 9.30. The summed E-state index contributed by atoms with van der Waals surface area (Å²) in [6.45, 7) is 0. The van der Waals surface area contributed by atoms with E-state index in [9.17, 15) is 0 Å². The smallest absolute Gasteiger partial charge is 0.179 e. The second-order valence-electron chi connectivity index (χ2n) is 17.4. The SMILES string of the molecule is c1ccc(-c2cccc([Si](c3ccccc3)(c3ccccc3)c3cccc(-n4c5ccccc5c5cccc(-n6c7ccccc7c7c(C8CCCCC8)cccc76)c54)c3)c2)cc1. The van der Waals surface area contributed by atoms with Crippen molar-refractivity contribution in [1.82, 2.24) is 9.13 Å². The van der Waals surface area contributed by atoms with Gasteiger partial charge in [-0.05, 0) is 92.6 Å². The van der Waals surface area contributed by atoms with Crippen molar-refractivity contribution in [1.29, 1.82) is 0 Å². The lowest BCUT2D eigenvalue weighted by Gasteiger charge is -2.35. The molecule has 11 aromatic rings. The topological polar surface area (TPSA) is 9.86 Å². The number of nitrogens with zero attached hydrogens (tertiary/aromatic N) is 2. The van der Waals surface area contributed by atoms with Gasteiger partial charge in [0.15, 0.2) is 8.07 Å². The first-order chi connectivity index (χ1) is 31.3. The lowest BCUT2D eigenvalue weighted by Crippen LogP contribution is -2.74. The Bertz CT molecular complexity index is 3390. The van der Waals surface area contributed by atoms with Crippen molar-refractivity contribution in [3.63, 3.8) is 0 Å². The number of fused-ring (bicyclic) bond motifs is 6. The van der Waals surface area contributed by atoms with Gasteiger partial charge in [-0.1, -0.05) is 207 Å². The highest BCUT2D eigenvalue weighted by Crippen LogP contribution is 2.43. The first-order valence-corrected chi connectivity index (χ1v) is 24.7. The number of hydrogen-bond acceptors (Lipinski definition) is 0. The summed E-state index contributed by atoms with van der Waals surface area (Å²) in [7, 11) is -2.92. The van der Waals surface area contributed by atoms with Gasteiger partial charge >= 0.3 is 0 Å². The quantitative estimate of drug-likeness (QED) is 0.107. The normalized spacial score (nSPS) is 13.7. The van der Waals surface area contributed by atoms with Crippen molar-refractivity contribution in [3.8, 4) is 22.5 Å². The Morgan fingerprint density at radius 1 is 0.365 bits per heavy atom. The summed E-state index contributed by atoms with van der Waals surface area (Å²) >= 11 is 0. The van der Waals surface area contributed by atoms with Crippen LogP contribution < -0.4 is 20.7 Å².